The van der Waals surface area contributed by atoms with Gasteiger partial charge >= 0.3 is 12.1 Å². The monoisotopic (exact) mass is 420 g/mol. The Morgan fingerprint density at radius 1 is 1.31 bits per heavy atom. The molecule has 26 heavy (non-hydrogen) atoms. The molecule has 6 nitrogen and oxygen atoms in total. The molecule has 0 bridgehead atoms. The highest BCUT2D eigenvalue weighted by molar-refractivity contribution is 9.10. The molecule has 1 atom stereocenters. The van der Waals surface area contributed by atoms with Gasteiger partial charge in [0.2, 0.25) is 0 Å². The highest BCUT2D eigenvalue weighted by Gasteiger charge is 2.44. The number of hydrogen-bond donors (Lipinski definition) is 1. The number of ether oxygens (including phenoxy) is 1. The van der Waals surface area contributed by atoms with Gasteiger partial charge in [-0.15, -0.1) is 0 Å². The number of amides is 1. The lowest BCUT2D eigenvalue weighted by molar-refractivity contribution is -0.143. The van der Waals surface area contributed by atoms with E-state index in [1.165, 1.54) is 4.90 Å². The van der Waals surface area contributed by atoms with Gasteiger partial charge in [-0.25, -0.2) is 9.59 Å². The van der Waals surface area contributed by atoms with Crippen LogP contribution in [0.5, 0.6) is 0 Å². The predicted octanol–water partition coefficient (Wildman–Crippen LogP) is 4.52. The number of halogens is 1. The summed E-state index contributed by atoms with van der Waals surface area (Å²) in [4.78, 5) is 30.7. The minimum atomic E-state index is -1.15. The number of benzene rings is 1. The van der Waals surface area contributed by atoms with Crippen molar-refractivity contribution in [3.8, 4) is 0 Å². The molecule has 0 spiro atoms. The fraction of sp³-hybridized carbons (Fsp3) is 0.421. The summed E-state index contributed by atoms with van der Waals surface area (Å²) < 4.78 is 6.31. The Balaban J connectivity index is 2.10. The standard InChI is InChI=1S/C19H21BrN2O4/c1-19(2,3)26-18(25)22(11-6-7-11)16(17(23)24)13-8-9-14(20)12-5-4-10-21-15(12)13/h4-5,8-11,16H,6-7H2,1-3H3,(H,23,24). The molecule has 1 N–H and O–H groups in total. The number of nitrogens with zero attached hydrogens (tertiary/aromatic N) is 2. The van der Waals surface area contributed by atoms with Crippen LogP contribution >= 0.6 is 15.9 Å². The Morgan fingerprint density at radius 3 is 2.58 bits per heavy atom. The van der Waals surface area contributed by atoms with Crippen molar-refractivity contribution in [1.29, 1.82) is 0 Å². The van der Waals surface area contributed by atoms with Gasteiger partial charge in [0.15, 0.2) is 6.04 Å². The first-order valence-corrected chi connectivity index (χ1v) is 9.25. The molecular weight excluding hydrogens is 400 g/mol. The van der Waals surface area contributed by atoms with Crippen LogP contribution in [-0.4, -0.2) is 38.7 Å². The van der Waals surface area contributed by atoms with Crippen LogP contribution in [0.15, 0.2) is 34.9 Å². The fourth-order valence-corrected chi connectivity index (χ4v) is 3.37. The molecule has 0 aliphatic heterocycles. The zero-order valence-electron chi connectivity index (χ0n) is 14.9. The largest absolute Gasteiger partial charge is 0.479 e. The quantitative estimate of drug-likeness (QED) is 0.785. The summed E-state index contributed by atoms with van der Waals surface area (Å²) in [7, 11) is 0. The Hall–Kier alpha value is -2.15. The van der Waals surface area contributed by atoms with Gasteiger partial charge in [0, 0.05) is 27.7 Å². The van der Waals surface area contributed by atoms with E-state index < -0.39 is 23.7 Å². The number of carbonyl (C=O) groups excluding carboxylic acids is 1. The molecule has 1 unspecified atom stereocenters. The summed E-state index contributed by atoms with van der Waals surface area (Å²) in [5.74, 6) is -1.10. The maximum atomic E-state index is 12.8. The van der Waals surface area contributed by atoms with Gasteiger partial charge in [-0.1, -0.05) is 28.1 Å². The number of pyridine rings is 1. The molecule has 1 aromatic carbocycles. The van der Waals surface area contributed by atoms with Crippen LogP contribution in [0, 0.1) is 0 Å². The van der Waals surface area contributed by atoms with Crippen molar-refractivity contribution in [2.75, 3.05) is 0 Å². The third kappa shape index (κ3) is 3.82. The van der Waals surface area contributed by atoms with Crippen molar-refractivity contribution < 1.29 is 19.4 Å². The minimum absolute atomic E-state index is 0.131. The molecule has 7 heteroatoms. The van der Waals surface area contributed by atoms with Crippen molar-refractivity contribution in [1.82, 2.24) is 9.88 Å². The van der Waals surface area contributed by atoms with Gasteiger partial charge in [-0.3, -0.25) is 9.88 Å². The van der Waals surface area contributed by atoms with Crippen LogP contribution in [0.1, 0.15) is 45.2 Å². The number of carboxylic acids is 1. The molecule has 0 saturated heterocycles. The van der Waals surface area contributed by atoms with E-state index in [0.29, 0.717) is 11.1 Å². The van der Waals surface area contributed by atoms with E-state index in [4.69, 9.17) is 4.74 Å². The lowest BCUT2D eigenvalue weighted by Crippen LogP contribution is -2.43. The number of hydrogen-bond acceptors (Lipinski definition) is 4. The molecule has 1 fully saturated rings. The third-order valence-corrected chi connectivity index (χ3v) is 4.79. The Kier molecular flexibility index (Phi) is 4.92. The Morgan fingerprint density at radius 2 is 2.00 bits per heavy atom. The number of aromatic nitrogens is 1. The van der Waals surface area contributed by atoms with Gasteiger partial charge < -0.3 is 9.84 Å². The summed E-state index contributed by atoms with van der Waals surface area (Å²) in [5, 5.41) is 10.8. The van der Waals surface area contributed by atoms with Gasteiger partial charge in [-0.2, -0.15) is 0 Å². The Bertz CT molecular complexity index is 858. The van der Waals surface area contributed by atoms with Crippen LogP contribution in [-0.2, 0) is 9.53 Å². The van der Waals surface area contributed by atoms with Crippen LogP contribution in [0.25, 0.3) is 10.9 Å². The van der Waals surface area contributed by atoms with E-state index in [1.807, 2.05) is 6.07 Å². The lowest BCUT2D eigenvalue weighted by atomic mass is 10.0. The van der Waals surface area contributed by atoms with Crippen molar-refractivity contribution in [2.24, 2.45) is 0 Å². The maximum Gasteiger partial charge on any atom is 0.411 e. The second-order valence-corrected chi connectivity index (χ2v) is 8.25. The van der Waals surface area contributed by atoms with E-state index >= 15 is 0 Å². The number of carbonyl (C=O) groups is 2. The first kappa shape index (κ1) is 18.6. The van der Waals surface area contributed by atoms with Crippen molar-refractivity contribution >= 4 is 38.9 Å². The molecule has 1 saturated carbocycles. The molecule has 1 aromatic heterocycles. The molecule has 1 amide bonds. The zero-order valence-corrected chi connectivity index (χ0v) is 16.5. The van der Waals surface area contributed by atoms with E-state index in [0.717, 1.165) is 22.7 Å². The van der Waals surface area contributed by atoms with Gasteiger partial charge in [-0.05, 0) is 45.7 Å². The summed E-state index contributed by atoms with van der Waals surface area (Å²) in [6.07, 6.45) is 2.54. The SMILES string of the molecule is CC(C)(C)OC(=O)N(C1CC1)C(C(=O)O)c1ccc(Br)c2cccnc12. The molecule has 3 rings (SSSR count). The van der Waals surface area contributed by atoms with E-state index in [2.05, 4.69) is 20.9 Å². The summed E-state index contributed by atoms with van der Waals surface area (Å²) in [5.41, 5.74) is 0.338. The van der Waals surface area contributed by atoms with E-state index in [-0.39, 0.29) is 6.04 Å². The Labute approximate surface area is 160 Å². The molecule has 0 radical (unpaired) electrons. The van der Waals surface area contributed by atoms with Gasteiger partial charge in [0.25, 0.3) is 0 Å². The average molecular weight is 421 g/mol. The minimum Gasteiger partial charge on any atom is -0.479 e. The summed E-state index contributed by atoms with van der Waals surface area (Å²) in [6, 6.07) is 5.87. The second kappa shape index (κ2) is 6.87. The van der Waals surface area contributed by atoms with Gasteiger partial charge in [0.05, 0.1) is 5.52 Å². The molecule has 1 heterocycles. The molecular formula is C19H21BrN2O4. The van der Waals surface area contributed by atoms with E-state index in [9.17, 15) is 14.7 Å². The molecule has 1 aliphatic rings. The molecule has 138 valence electrons. The zero-order chi connectivity index (χ0) is 19.1. The van der Waals surface area contributed by atoms with Crippen LogP contribution < -0.4 is 0 Å². The number of carboxylic acid groups (broad SMARTS) is 1. The molecule has 2 aromatic rings. The fourth-order valence-electron chi connectivity index (χ4n) is 2.91. The molecule has 1 aliphatic carbocycles. The second-order valence-electron chi connectivity index (χ2n) is 7.40. The van der Waals surface area contributed by atoms with Crippen molar-refractivity contribution in [3.05, 3.63) is 40.5 Å². The highest BCUT2D eigenvalue weighted by Crippen LogP contribution is 2.39. The third-order valence-electron chi connectivity index (χ3n) is 4.10. The first-order valence-electron chi connectivity index (χ1n) is 8.46. The topological polar surface area (TPSA) is 79.7 Å². The smallest absolute Gasteiger partial charge is 0.411 e. The average Bonchev–Trinajstić information content (AvgIpc) is 3.36. The van der Waals surface area contributed by atoms with Crippen LogP contribution in [0.2, 0.25) is 0 Å². The maximum absolute atomic E-state index is 12.8. The predicted molar refractivity (Wildman–Crippen MR) is 101 cm³/mol. The summed E-state index contributed by atoms with van der Waals surface area (Å²) >= 11 is 3.47. The van der Waals surface area contributed by atoms with Crippen molar-refractivity contribution in [3.63, 3.8) is 0 Å². The van der Waals surface area contributed by atoms with Crippen LogP contribution in [0.4, 0.5) is 4.79 Å². The number of rotatable bonds is 4. The summed E-state index contributed by atoms with van der Waals surface area (Å²) in [6.45, 7) is 5.30. The van der Waals surface area contributed by atoms with Crippen LogP contribution in [0.3, 0.4) is 0 Å². The lowest BCUT2D eigenvalue weighted by Gasteiger charge is -2.32. The highest BCUT2D eigenvalue weighted by atomic mass is 79.9. The number of aliphatic carboxylic acids is 1. The van der Waals surface area contributed by atoms with Gasteiger partial charge in [0.1, 0.15) is 5.60 Å². The van der Waals surface area contributed by atoms with E-state index in [1.54, 1.807) is 45.2 Å². The normalized spacial score (nSPS) is 15.5. The number of fused-ring (bicyclic) bond motifs is 1. The van der Waals surface area contributed by atoms with Crippen molar-refractivity contribution in [2.45, 2.75) is 51.3 Å². The first-order chi connectivity index (χ1) is 12.2.